The number of hydrogen-bond acceptors (Lipinski definition) is 4. The van der Waals surface area contributed by atoms with Crippen LogP contribution in [0, 0.1) is 6.92 Å². The van der Waals surface area contributed by atoms with E-state index in [0.717, 1.165) is 0 Å². The van der Waals surface area contributed by atoms with E-state index >= 15 is 0 Å². The lowest BCUT2D eigenvalue weighted by molar-refractivity contribution is 0.569. The zero-order chi connectivity index (χ0) is 15.1. The van der Waals surface area contributed by atoms with Gasteiger partial charge in [-0.2, -0.15) is 12.8 Å². The minimum atomic E-state index is -3.79. The number of nitrogens with one attached hydrogen (secondary N) is 1. The van der Waals surface area contributed by atoms with Crippen LogP contribution in [0.4, 0.5) is 0 Å². The van der Waals surface area contributed by atoms with Crippen molar-refractivity contribution in [3.05, 3.63) is 23.3 Å². The lowest BCUT2D eigenvalue weighted by Gasteiger charge is -2.16. The van der Waals surface area contributed by atoms with Gasteiger partial charge in [-0.15, -0.1) is 0 Å². The molecule has 20 heavy (non-hydrogen) atoms. The Kier molecular flexibility index (Phi) is 3.74. The number of fused-ring (bicyclic) bond motifs is 1. The summed E-state index contributed by atoms with van der Waals surface area (Å²) in [6, 6.07) is 2.51. The Labute approximate surface area is 119 Å². The van der Waals surface area contributed by atoms with E-state index < -0.39 is 20.0 Å². The largest absolute Gasteiger partial charge is 0.282 e. The van der Waals surface area contributed by atoms with E-state index in [1.54, 1.807) is 26.8 Å². The molecule has 0 unspecified atom stereocenters. The molecule has 0 saturated heterocycles. The van der Waals surface area contributed by atoms with Crippen molar-refractivity contribution < 1.29 is 16.8 Å². The molecular weight excluding hydrogens is 300 g/mol. The van der Waals surface area contributed by atoms with Gasteiger partial charge in [-0.3, -0.25) is 0 Å². The molecule has 0 amide bonds. The Bertz CT molecular complexity index is 778. The monoisotopic (exact) mass is 316 g/mol. The normalized spacial score (nSPS) is 17.2. The van der Waals surface area contributed by atoms with Crippen molar-refractivity contribution in [3.8, 4) is 0 Å². The van der Waals surface area contributed by atoms with Crippen molar-refractivity contribution in [3.63, 3.8) is 0 Å². The number of sulfonamides is 2. The standard InChI is InChI=1S/C12H16N2O4S2/c1-8(2)14-20(17,18)11-7-12-10(6-9(11)3)4-5-13-19(12,15)16/h5-8,14H,4H2,1-3H3. The van der Waals surface area contributed by atoms with Crippen LogP contribution in [0.2, 0.25) is 0 Å². The summed E-state index contributed by atoms with van der Waals surface area (Å²) in [6.45, 7) is 5.05. The molecule has 1 aromatic rings. The molecule has 1 aliphatic rings. The summed E-state index contributed by atoms with van der Waals surface area (Å²) in [5, 5.41) is 0. The van der Waals surface area contributed by atoms with Crippen LogP contribution in [0.15, 0.2) is 26.3 Å². The first-order chi connectivity index (χ1) is 9.13. The molecule has 1 aliphatic heterocycles. The van der Waals surface area contributed by atoms with Crippen molar-refractivity contribution in [2.75, 3.05) is 0 Å². The highest BCUT2D eigenvalue weighted by atomic mass is 32.2. The molecule has 110 valence electrons. The Morgan fingerprint density at radius 1 is 1.30 bits per heavy atom. The molecule has 0 fully saturated rings. The number of benzene rings is 1. The molecule has 0 aromatic heterocycles. The van der Waals surface area contributed by atoms with Gasteiger partial charge in [0.05, 0.1) is 9.79 Å². The summed E-state index contributed by atoms with van der Waals surface area (Å²) >= 11 is 0. The minimum Gasteiger partial charge on any atom is -0.209 e. The second kappa shape index (κ2) is 4.94. The third-order valence-electron chi connectivity index (χ3n) is 2.84. The maximum absolute atomic E-state index is 12.2. The first-order valence-corrected chi connectivity index (χ1v) is 9.00. The lowest BCUT2D eigenvalue weighted by atomic mass is 10.1. The van der Waals surface area contributed by atoms with Gasteiger partial charge in [-0.1, -0.05) is 6.07 Å². The molecule has 8 heteroatoms. The Balaban J connectivity index is 2.65. The quantitative estimate of drug-likeness (QED) is 0.900. The van der Waals surface area contributed by atoms with E-state index in [9.17, 15) is 16.8 Å². The average Bonchev–Trinajstić information content (AvgIpc) is 2.25. The second-order valence-corrected chi connectivity index (χ2v) is 8.25. The predicted molar refractivity (Wildman–Crippen MR) is 76.0 cm³/mol. The topological polar surface area (TPSA) is 92.7 Å². The van der Waals surface area contributed by atoms with E-state index in [4.69, 9.17) is 0 Å². The molecule has 0 saturated carbocycles. The molecule has 0 radical (unpaired) electrons. The number of hydrogen-bond donors (Lipinski definition) is 1. The van der Waals surface area contributed by atoms with Gasteiger partial charge in [0.2, 0.25) is 10.0 Å². The molecular formula is C12H16N2O4S2. The van der Waals surface area contributed by atoms with Crippen LogP contribution in [-0.2, 0) is 26.5 Å². The highest BCUT2D eigenvalue weighted by molar-refractivity contribution is 7.91. The molecule has 0 spiro atoms. The summed E-state index contributed by atoms with van der Waals surface area (Å²) in [7, 11) is -7.53. The maximum Gasteiger partial charge on any atom is 0.282 e. The van der Waals surface area contributed by atoms with Crippen molar-refractivity contribution >= 4 is 26.3 Å². The van der Waals surface area contributed by atoms with Crippen LogP contribution >= 0.6 is 0 Å². The zero-order valence-electron chi connectivity index (χ0n) is 11.4. The van der Waals surface area contributed by atoms with Gasteiger partial charge in [0.1, 0.15) is 0 Å². The average molecular weight is 316 g/mol. The summed E-state index contributed by atoms with van der Waals surface area (Å²) in [5.74, 6) is 0. The molecule has 2 rings (SSSR count). The Morgan fingerprint density at radius 2 is 1.95 bits per heavy atom. The van der Waals surface area contributed by atoms with E-state index in [1.807, 2.05) is 0 Å². The first-order valence-electron chi connectivity index (χ1n) is 6.08. The molecule has 1 N–H and O–H groups in total. The molecule has 1 heterocycles. The lowest BCUT2D eigenvalue weighted by Crippen LogP contribution is -2.31. The predicted octanol–water partition coefficient (Wildman–Crippen LogP) is 0.997. The third-order valence-corrected chi connectivity index (χ3v) is 6.00. The molecule has 0 atom stereocenters. The first kappa shape index (κ1) is 15.1. The number of rotatable bonds is 3. The van der Waals surface area contributed by atoms with Crippen molar-refractivity contribution in [2.24, 2.45) is 4.40 Å². The Hall–Kier alpha value is -1.25. The van der Waals surface area contributed by atoms with E-state index in [1.165, 1.54) is 12.3 Å². The fourth-order valence-electron chi connectivity index (χ4n) is 2.08. The summed E-state index contributed by atoms with van der Waals surface area (Å²) in [5.41, 5.74) is 1.09. The summed E-state index contributed by atoms with van der Waals surface area (Å²) in [6.07, 6.45) is 1.70. The van der Waals surface area contributed by atoms with E-state index in [2.05, 4.69) is 9.12 Å². The SMILES string of the molecule is Cc1cc2c(cc1S(=O)(=O)NC(C)C)S(=O)(=O)N=CC2. The van der Waals surface area contributed by atoms with Gasteiger partial charge in [0.15, 0.2) is 0 Å². The van der Waals surface area contributed by atoms with Gasteiger partial charge in [-0.25, -0.2) is 13.1 Å². The number of nitrogens with zero attached hydrogens (tertiary/aromatic N) is 1. The van der Waals surface area contributed by atoms with Crippen LogP contribution in [0.5, 0.6) is 0 Å². The van der Waals surface area contributed by atoms with E-state index in [-0.39, 0.29) is 15.8 Å². The Morgan fingerprint density at radius 3 is 2.55 bits per heavy atom. The maximum atomic E-state index is 12.2. The zero-order valence-corrected chi connectivity index (χ0v) is 13.0. The van der Waals surface area contributed by atoms with E-state index in [0.29, 0.717) is 17.5 Å². The summed E-state index contributed by atoms with van der Waals surface area (Å²) in [4.78, 5) is -0.0552. The summed E-state index contributed by atoms with van der Waals surface area (Å²) < 4.78 is 54.1. The van der Waals surface area contributed by atoms with Crippen molar-refractivity contribution in [1.82, 2.24) is 4.72 Å². The van der Waals surface area contributed by atoms with Gasteiger partial charge < -0.3 is 0 Å². The van der Waals surface area contributed by atoms with Gasteiger partial charge >= 0.3 is 0 Å². The highest BCUT2D eigenvalue weighted by Gasteiger charge is 2.26. The molecule has 1 aromatic carbocycles. The third kappa shape index (κ3) is 2.77. The minimum absolute atomic E-state index is 0.0226. The van der Waals surface area contributed by atoms with Crippen LogP contribution in [-0.4, -0.2) is 29.1 Å². The van der Waals surface area contributed by atoms with Crippen LogP contribution < -0.4 is 4.72 Å². The van der Waals surface area contributed by atoms with Gasteiger partial charge in [0, 0.05) is 18.7 Å². The van der Waals surface area contributed by atoms with Crippen LogP contribution in [0.3, 0.4) is 0 Å². The second-order valence-electron chi connectivity index (χ2n) is 4.97. The molecule has 0 aliphatic carbocycles. The van der Waals surface area contributed by atoms with Gasteiger partial charge in [-0.05, 0) is 38.0 Å². The van der Waals surface area contributed by atoms with Gasteiger partial charge in [0.25, 0.3) is 10.0 Å². The van der Waals surface area contributed by atoms with Crippen molar-refractivity contribution in [2.45, 2.75) is 43.0 Å². The van der Waals surface area contributed by atoms with Crippen LogP contribution in [0.1, 0.15) is 25.0 Å². The fraction of sp³-hybridized carbons (Fsp3) is 0.417. The highest BCUT2D eigenvalue weighted by Crippen LogP contribution is 2.28. The fourth-order valence-corrected chi connectivity index (χ4v) is 4.79. The molecule has 6 nitrogen and oxygen atoms in total. The number of aryl methyl sites for hydroxylation is 1. The van der Waals surface area contributed by atoms with Crippen molar-refractivity contribution in [1.29, 1.82) is 0 Å². The van der Waals surface area contributed by atoms with Crippen LogP contribution in [0.25, 0.3) is 0 Å². The molecule has 0 bridgehead atoms. The smallest absolute Gasteiger partial charge is 0.209 e.